The first-order chi connectivity index (χ1) is 10.2. The molecular formula is C17H20O4. The van der Waals surface area contributed by atoms with Gasteiger partial charge in [-0.2, -0.15) is 0 Å². The predicted octanol–water partition coefficient (Wildman–Crippen LogP) is 2.86. The van der Waals surface area contributed by atoms with Crippen LogP contribution < -0.4 is 0 Å². The molecule has 112 valence electrons. The van der Waals surface area contributed by atoms with Gasteiger partial charge < -0.3 is 14.2 Å². The lowest BCUT2D eigenvalue weighted by Crippen LogP contribution is -2.68. The van der Waals surface area contributed by atoms with Gasteiger partial charge >= 0.3 is 5.97 Å². The molecule has 0 N–H and O–H groups in total. The van der Waals surface area contributed by atoms with Gasteiger partial charge in [0.15, 0.2) is 5.60 Å². The van der Waals surface area contributed by atoms with E-state index in [9.17, 15) is 4.79 Å². The minimum Gasteiger partial charge on any atom is -0.448 e. The number of rotatable bonds is 1. The molecule has 1 saturated carbocycles. The fourth-order valence-corrected chi connectivity index (χ4v) is 4.39. The van der Waals surface area contributed by atoms with Crippen molar-refractivity contribution in [2.75, 3.05) is 13.2 Å². The summed E-state index contributed by atoms with van der Waals surface area (Å²) in [5.41, 5.74) is 1.58. The molecule has 1 saturated heterocycles. The van der Waals surface area contributed by atoms with E-state index in [2.05, 4.69) is 6.07 Å². The lowest BCUT2D eigenvalue weighted by atomic mass is 9.54. The summed E-state index contributed by atoms with van der Waals surface area (Å²) >= 11 is 0. The van der Waals surface area contributed by atoms with Crippen molar-refractivity contribution in [3.8, 4) is 0 Å². The Bertz CT molecular complexity index is 570. The number of carbonyl (C=O) groups is 1. The van der Waals surface area contributed by atoms with Crippen molar-refractivity contribution in [3.05, 3.63) is 35.4 Å². The van der Waals surface area contributed by atoms with Crippen molar-refractivity contribution < 1.29 is 19.0 Å². The molecule has 1 aliphatic heterocycles. The van der Waals surface area contributed by atoms with Crippen molar-refractivity contribution in [3.63, 3.8) is 0 Å². The van der Waals surface area contributed by atoms with Crippen LogP contribution >= 0.6 is 0 Å². The smallest absolute Gasteiger partial charge is 0.303 e. The molecule has 3 aliphatic rings. The Morgan fingerprint density at radius 1 is 1.24 bits per heavy atom. The van der Waals surface area contributed by atoms with Gasteiger partial charge in [0.2, 0.25) is 5.79 Å². The van der Waals surface area contributed by atoms with Gasteiger partial charge in [-0.3, -0.25) is 4.79 Å². The van der Waals surface area contributed by atoms with E-state index in [0.29, 0.717) is 13.2 Å². The Labute approximate surface area is 124 Å². The highest BCUT2D eigenvalue weighted by Gasteiger charge is 2.70. The molecule has 1 heterocycles. The monoisotopic (exact) mass is 288 g/mol. The highest BCUT2D eigenvalue weighted by molar-refractivity contribution is 5.69. The molecule has 21 heavy (non-hydrogen) atoms. The van der Waals surface area contributed by atoms with E-state index in [4.69, 9.17) is 14.2 Å². The van der Waals surface area contributed by atoms with E-state index in [-0.39, 0.29) is 11.9 Å². The first-order valence-corrected chi connectivity index (χ1v) is 7.76. The molecule has 0 bridgehead atoms. The van der Waals surface area contributed by atoms with Crippen molar-refractivity contribution >= 4 is 5.97 Å². The zero-order valence-electron chi connectivity index (χ0n) is 12.3. The minimum atomic E-state index is -0.797. The molecule has 0 aromatic heterocycles. The van der Waals surface area contributed by atoms with Gasteiger partial charge in [-0.25, -0.2) is 0 Å². The van der Waals surface area contributed by atoms with E-state index in [0.717, 1.165) is 31.2 Å². The second-order valence-electron chi connectivity index (χ2n) is 6.16. The van der Waals surface area contributed by atoms with E-state index in [1.165, 1.54) is 12.5 Å². The number of hydrogen-bond donors (Lipinski definition) is 0. The summed E-state index contributed by atoms with van der Waals surface area (Å²) < 4.78 is 18.1. The summed E-state index contributed by atoms with van der Waals surface area (Å²) in [4.78, 5) is 11.8. The summed E-state index contributed by atoms with van der Waals surface area (Å²) in [7, 11) is 0. The summed E-state index contributed by atoms with van der Waals surface area (Å²) in [5, 5.41) is 0. The number of carbonyl (C=O) groups excluding carboxylic acids is 1. The van der Waals surface area contributed by atoms with Gasteiger partial charge in [0.25, 0.3) is 0 Å². The molecule has 0 radical (unpaired) electrons. The largest absolute Gasteiger partial charge is 0.448 e. The third-order valence-electron chi connectivity index (χ3n) is 5.06. The molecule has 2 aliphatic carbocycles. The predicted molar refractivity (Wildman–Crippen MR) is 75.7 cm³/mol. The standard InChI is InChI=1S/C17H20O4/c1-12(18)21-17-14-7-3-2-6-13(14)15(17)8-4-9-16(17)19-10-5-11-20-16/h2-3,6-7,15H,4-5,8-11H2,1H3/t15-,17-/m0/s1. The Morgan fingerprint density at radius 2 is 2.00 bits per heavy atom. The summed E-state index contributed by atoms with van der Waals surface area (Å²) in [5.74, 6) is -0.883. The molecule has 1 aromatic carbocycles. The highest BCUT2D eigenvalue weighted by atomic mass is 16.7. The quantitative estimate of drug-likeness (QED) is 0.745. The number of ether oxygens (including phenoxy) is 3. The van der Waals surface area contributed by atoms with E-state index >= 15 is 0 Å². The second-order valence-corrected chi connectivity index (χ2v) is 6.16. The maximum Gasteiger partial charge on any atom is 0.303 e. The molecule has 1 spiro atoms. The molecule has 1 aromatic rings. The zero-order chi connectivity index (χ0) is 14.5. The van der Waals surface area contributed by atoms with Crippen molar-refractivity contribution in [2.45, 2.75) is 49.9 Å². The van der Waals surface area contributed by atoms with Gasteiger partial charge in [0, 0.05) is 24.8 Å². The Hall–Kier alpha value is -1.39. The van der Waals surface area contributed by atoms with E-state index < -0.39 is 11.4 Å². The average molecular weight is 288 g/mol. The van der Waals surface area contributed by atoms with Crippen LogP contribution in [0.2, 0.25) is 0 Å². The molecular weight excluding hydrogens is 268 g/mol. The Morgan fingerprint density at radius 3 is 2.76 bits per heavy atom. The van der Waals surface area contributed by atoms with Crippen LogP contribution in [0.3, 0.4) is 0 Å². The van der Waals surface area contributed by atoms with Crippen LogP contribution in [-0.2, 0) is 24.6 Å². The fraction of sp³-hybridized carbons (Fsp3) is 0.588. The van der Waals surface area contributed by atoms with Crippen LogP contribution in [0.4, 0.5) is 0 Å². The third-order valence-corrected chi connectivity index (χ3v) is 5.06. The first-order valence-electron chi connectivity index (χ1n) is 7.76. The van der Waals surface area contributed by atoms with Crippen LogP contribution in [0.15, 0.2) is 24.3 Å². The average Bonchev–Trinajstić information content (AvgIpc) is 2.49. The summed E-state index contributed by atoms with van der Waals surface area (Å²) in [6.07, 6.45) is 3.72. The fourth-order valence-electron chi connectivity index (χ4n) is 4.39. The van der Waals surface area contributed by atoms with Crippen molar-refractivity contribution in [2.24, 2.45) is 0 Å². The van der Waals surface area contributed by atoms with Crippen molar-refractivity contribution in [1.29, 1.82) is 0 Å². The number of fused-ring (bicyclic) bond motifs is 5. The molecule has 2 atom stereocenters. The van der Waals surface area contributed by atoms with Crippen LogP contribution in [0, 0.1) is 0 Å². The third kappa shape index (κ3) is 1.60. The number of hydrogen-bond acceptors (Lipinski definition) is 4. The second kappa shape index (κ2) is 4.55. The SMILES string of the molecule is CC(=O)O[C@@]12c3ccccc3[C@@H]1CCCC21OCCCO1. The van der Waals surface area contributed by atoms with Gasteiger partial charge in [-0.15, -0.1) is 0 Å². The number of esters is 1. The lowest BCUT2D eigenvalue weighted by molar-refractivity contribution is -0.373. The topological polar surface area (TPSA) is 44.8 Å². The highest BCUT2D eigenvalue weighted by Crippen LogP contribution is 2.65. The van der Waals surface area contributed by atoms with E-state index in [1.54, 1.807) is 0 Å². The van der Waals surface area contributed by atoms with Gasteiger partial charge in [-0.05, 0) is 24.8 Å². The number of benzene rings is 1. The Kier molecular flexibility index (Phi) is 2.88. The Balaban J connectivity index is 1.87. The normalized spacial score (nSPS) is 32.7. The van der Waals surface area contributed by atoms with Gasteiger partial charge in [0.05, 0.1) is 13.2 Å². The molecule has 4 heteroatoms. The van der Waals surface area contributed by atoms with E-state index in [1.807, 2.05) is 18.2 Å². The first kappa shape index (κ1) is 13.3. The van der Waals surface area contributed by atoms with Crippen LogP contribution in [0.1, 0.15) is 49.7 Å². The molecule has 4 nitrogen and oxygen atoms in total. The maximum atomic E-state index is 11.8. The van der Waals surface area contributed by atoms with Crippen LogP contribution in [0.5, 0.6) is 0 Å². The molecule has 4 rings (SSSR count). The zero-order valence-corrected chi connectivity index (χ0v) is 12.3. The van der Waals surface area contributed by atoms with Gasteiger partial charge in [-0.1, -0.05) is 24.3 Å². The minimum absolute atomic E-state index is 0.185. The van der Waals surface area contributed by atoms with Gasteiger partial charge in [0.1, 0.15) is 0 Å². The molecule has 0 amide bonds. The summed E-state index contributed by atoms with van der Waals surface area (Å²) in [6, 6.07) is 8.21. The summed E-state index contributed by atoms with van der Waals surface area (Å²) in [6.45, 7) is 2.80. The maximum absolute atomic E-state index is 11.8. The van der Waals surface area contributed by atoms with Crippen molar-refractivity contribution in [1.82, 2.24) is 0 Å². The molecule has 2 fully saturated rings. The molecule has 0 unspecified atom stereocenters. The van der Waals surface area contributed by atoms with Crippen LogP contribution in [0.25, 0.3) is 0 Å². The van der Waals surface area contributed by atoms with Crippen LogP contribution in [-0.4, -0.2) is 25.0 Å². The lowest BCUT2D eigenvalue weighted by Gasteiger charge is -2.62.